The van der Waals surface area contributed by atoms with Crippen LogP contribution < -0.4 is 0 Å². The predicted octanol–water partition coefficient (Wildman–Crippen LogP) is 2.09. The molecule has 1 saturated heterocycles. The number of hydrogen-bond donors (Lipinski definition) is 0. The summed E-state index contributed by atoms with van der Waals surface area (Å²) in [5, 5.41) is 0. The van der Waals surface area contributed by atoms with Gasteiger partial charge in [0.05, 0.1) is 19.4 Å². The number of ether oxygens (including phenoxy) is 3. The van der Waals surface area contributed by atoms with Crippen molar-refractivity contribution in [3.05, 3.63) is 12.3 Å². The molecule has 1 aliphatic rings. The maximum atomic E-state index is 11.9. The average Bonchev–Trinajstić information content (AvgIpc) is 2.37. The zero-order valence-corrected chi connectivity index (χ0v) is 12.5. The Kier molecular flexibility index (Phi) is 5.85. The molecule has 0 radical (unpaired) electrons. The second-order valence-corrected chi connectivity index (χ2v) is 5.63. The van der Waals surface area contributed by atoms with E-state index in [2.05, 4.69) is 4.74 Å². The van der Waals surface area contributed by atoms with Gasteiger partial charge in [0.1, 0.15) is 11.7 Å². The van der Waals surface area contributed by atoms with E-state index in [1.54, 1.807) is 4.90 Å². The van der Waals surface area contributed by atoms with Crippen LogP contribution in [0.15, 0.2) is 12.3 Å². The van der Waals surface area contributed by atoms with Crippen LogP contribution in [0.5, 0.6) is 0 Å². The highest BCUT2D eigenvalue weighted by molar-refractivity contribution is 5.81. The van der Waals surface area contributed by atoms with E-state index in [-0.39, 0.29) is 12.2 Å². The Morgan fingerprint density at radius 1 is 1.20 bits per heavy atom. The first-order chi connectivity index (χ1) is 9.31. The summed E-state index contributed by atoms with van der Waals surface area (Å²) in [6.07, 6.45) is 3.73. The molecule has 1 fully saturated rings. The fourth-order valence-corrected chi connectivity index (χ4v) is 1.77. The van der Waals surface area contributed by atoms with Gasteiger partial charge < -0.3 is 19.1 Å². The molecule has 1 rings (SSSR count). The minimum Gasteiger partial charge on any atom is -0.498 e. The number of likely N-dealkylation sites (tertiary alicyclic amines) is 1. The normalized spacial score (nSPS) is 17.1. The molecule has 0 aromatic rings. The number of carbonyl (C=O) groups is 2. The van der Waals surface area contributed by atoms with Gasteiger partial charge in [0, 0.05) is 25.9 Å². The van der Waals surface area contributed by atoms with Gasteiger partial charge in [0.25, 0.3) is 0 Å². The van der Waals surface area contributed by atoms with E-state index >= 15 is 0 Å². The Balaban J connectivity index is 2.31. The third-order valence-corrected chi connectivity index (χ3v) is 2.77. The second-order valence-electron chi connectivity index (χ2n) is 5.63. The van der Waals surface area contributed by atoms with Crippen LogP contribution in [0, 0.1) is 0 Å². The monoisotopic (exact) mass is 285 g/mol. The van der Waals surface area contributed by atoms with Crippen molar-refractivity contribution in [2.75, 3.05) is 20.2 Å². The van der Waals surface area contributed by atoms with Crippen molar-refractivity contribution >= 4 is 12.1 Å². The van der Waals surface area contributed by atoms with Crippen molar-refractivity contribution in [2.45, 2.75) is 45.3 Å². The van der Waals surface area contributed by atoms with Crippen molar-refractivity contribution in [2.24, 2.45) is 0 Å². The lowest BCUT2D eigenvalue weighted by atomic mass is 10.1. The zero-order chi connectivity index (χ0) is 15.2. The molecule has 0 spiro atoms. The van der Waals surface area contributed by atoms with Crippen LogP contribution in [-0.4, -0.2) is 48.9 Å². The lowest BCUT2D eigenvalue weighted by Gasteiger charge is -2.32. The molecule has 0 aromatic heterocycles. The third kappa shape index (κ3) is 5.95. The van der Waals surface area contributed by atoms with E-state index in [4.69, 9.17) is 9.47 Å². The first kappa shape index (κ1) is 16.3. The van der Waals surface area contributed by atoms with Crippen molar-refractivity contribution in [3.8, 4) is 0 Å². The number of methoxy groups -OCH3 is 1. The van der Waals surface area contributed by atoms with Gasteiger partial charge in [-0.3, -0.25) is 0 Å². The van der Waals surface area contributed by atoms with Gasteiger partial charge in [-0.2, -0.15) is 0 Å². The van der Waals surface area contributed by atoms with E-state index in [1.807, 2.05) is 20.8 Å². The van der Waals surface area contributed by atoms with Crippen LogP contribution in [0.1, 0.15) is 33.6 Å². The van der Waals surface area contributed by atoms with Gasteiger partial charge >= 0.3 is 12.1 Å². The standard InChI is InChI=1S/C14H23NO5/c1-14(2,3)20-13(17)15-8-5-11(6-9-15)19-10-7-12(16)18-4/h7,10-11H,5-6,8-9H2,1-4H3/b10-7+. The number of piperidine rings is 1. The maximum Gasteiger partial charge on any atom is 0.410 e. The molecule has 0 saturated carbocycles. The molecule has 114 valence electrons. The Morgan fingerprint density at radius 3 is 2.30 bits per heavy atom. The fourth-order valence-electron chi connectivity index (χ4n) is 1.77. The van der Waals surface area contributed by atoms with Gasteiger partial charge in [0.15, 0.2) is 0 Å². The van der Waals surface area contributed by atoms with E-state index < -0.39 is 11.6 Å². The molecular weight excluding hydrogens is 262 g/mol. The minimum absolute atomic E-state index is 0.00888. The topological polar surface area (TPSA) is 65.1 Å². The Hall–Kier alpha value is -1.72. The van der Waals surface area contributed by atoms with E-state index in [9.17, 15) is 9.59 Å². The number of nitrogens with zero attached hydrogens (tertiary/aromatic N) is 1. The first-order valence-electron chi connectivity index (χ1n) is 6.69. The second kappa shape index (κ2) is 7.17. The summed E-state index contributed by atoms with van der Waals surface area (Å²) in [6.45, 7) is 6.71. The SMILES string of the molecule is COC(=O)/C=C/OC1CCN(C(=O)OC(C)(C)C)CC1. The number of carbonyl (C=O) groups excluding carboxylic acids is 2. The van der Waals surface area contributed by atoms with E-state index in [0.717, 1.165) is 0 Å². The highest BCUT2D eigenvalue weighted by atomic mass is 16.6. The zero-order valence-electron chi connectivity index (χ0n) is 12.5. The first-order valence-corrected chi connectivity index (χ1v) is 6.69. The smallest absolute Gasteiger partial charge is 0.410 e. The number of rotatable bonds is 3. The molecule has 1 heterocycles. The summed E-state index contributed by atoms with van der Waals surface area (Å²) >= 11 is 0. The summed E-state index contributed by atoms with van der Waals surface area (Å²) < 4.78 is 15.2. The minimum atomic E-state index is -0.478. The molecule has 6 heteroatoms. The van der Waals surface area contributed by atoms with Crippen LogP contribution in [0.3, 0.4) is 0 Å². The van der Waals surface area contributed by atoms with Crippen LogP contribution in [0.4, 0.5) is 4.79 Å². The molecule has 6 nitrogen and oxygen atoms in total. The van der Waals surface area contributed by atoms with Gasteiger partial charge in [-0.1, -0.05) is 0 Å². The maximum absolute atomic E-state index is 11.9. The lowest BCUT2D eigenvalue weighted by Crippen LogP contribution is -2.43. The molecule has 0 atom stereocenters. The fraction of sp³-hybridized carbons (Fsp3) is 0.714. The molecule has 0 aromatic carbocycles. The van der Waals surface area contributed by atoms with Gasteiger partial charge in [0.2, 0.25) is 0 Å². The Bertz CT molecular complexity index is 364. The summed E-state index contributed by atoms with van der Waals surface area (Å²) in [6, 6.07) is 0. The largest absolute Gasteiger partial charge is 0.498 e. The highest BCUT2D eigenvalue weighted by Crippen LogP contribution is 2.17. The summed E-state index contributed by atoms with van der Waals surface area (Å²) in [5.74, 6) is -0.448. The molecule has 0 aliphatic carbocycles. The van der Waals surface area contributed by atoms with E-state index in [0.29, 0.717) is 25.9 Å². The highest BCUT2D eigenvalue weighted by Gasteiger charge is 2.27. The molecule has 20 heavy (non-hydrogen) atoms. The van der Waals surface area contributed by atoms with Gasteiger partial charge in [-0.25, -0.2) is 9.59 Å². The van der Waals surface area contributed by atoms with Crippen molar-refractivity contribution < 1.29 is 23.8 Å². The third-order valence-electron chi connectivity index (χ3n) is 2.77. The number of esters is 1. The van der Waals surface area contributed by atoms with Crippen molar-refractivity contribution in [3.63, 3.8) is 0 Å². The van der Waals surface area contributed by atoms with E-state index in [1.165, 1.54) is 19.4 Å². The van der Waals surface area contributed by atoms with Gasteiger partial charge in [-0.15, -0.1) is 0 Å². The summed E-state index contributed by atoms with van der Waals surface area (Å²) in [4.78, 5) is 24.4. The molecule has 0 unspecified atom stereocenters. The van der Waals surface area contributed by atoms with Crippen LogP contribution in [0.2, 0.25) is 0 Å². The Labute approximate surface area is 119 Å². The van der Waals surface area contributed by atoms with Crippen LogP contribution in [-0.2, 0) is 19.0 Å². The molecular formula is C14H23NO5. The molecule has 1 amide bonds. The van der Waals surface area contributed by atoms with Crippen molar-refractivity contribution in [1.29, 1.82) is 0 Å². The molecule has 1 aliphatic heterocycles. The predicted molar refractivity (Wildman–Crippen MR) is 73.1 cm³/mol. The van der Waals surface area contributed by atoms with Crippen molar-refractivity contribution in [1.82, 2.24) is 4.90 Å². The molecule has 0 bridgehead atoms. The molecule has 0 N–H and O–H groups in total. The quantitative estimate of drug-likeness (QED) is 0.451. The van der Waals surface area contributed by atoms with Crippen LogP contribution >= 0.6 is 0 Å². The lowest BCUT2D eigenvalue weighted by molar-refractivity contribution is -0.135. The van der Waals surface area contributed by atoms with Gasteiger partial charge in [-0.05, 0) is 20.8 Å². The van der Waals surface area contributed by atoms with Crippen LogP contribution in [0.25, 0.3) is 0 Å². The number of amides is 1. The summed E-state index contributed by atoms with van der Waals surface area (Å²) in [5.41, 5.74) is -0.478. The number of hydrogen-bond acceptors (Lipinski definition) is 5. The summed E-state index contributed by atoms with van der Waals surface area (Å²) in [7, 11) is 1.31. The Morgan fingerprint density at radius 2 is 1.80 bits per heavy atom. The average molecular weight is 285 g/mol.